The summed E-state index contributed by atoms with van der Waals surface area (Å²) in [6.07, 6.45) is 3.35. The lowest BCUT2D eigenvalue weighted by molar-refractivity contribution is -0.143. The molecular weight excluding hydrogens is 354 g/mol. The molecule has 0 saturated carbocycles. The average Bonchev–Trinajstić information content (AvgIpc) is 3.18. The summed E-state index contributed by atoms with van der Waals surface area (Å²) in [5.41, 5.74) is 2.59. The largest absolute Gasteiger partial charge is 0.481 e. The Hall–Kier alpha value is -2.95. The molecule has 1 unspecified atom stereocenters. The van der Waals surface area contributed by atoms with E-state index in [0.717, 1.165) is 19.3 Å². The maximum Gasteiger partial charge on any atom is 0.315 e. The van der Waals surface area contributed by atoms with E-state index in [4.69, 9.17) is 0 Å². The van der Waals surface area contributed by atoms with Gasteiger partial charge >= 0.3 is 5.97 Å². The van der Waals surface area contributed by atoms with Crippen LogP contribution in [0.3, 0.4) is 0 Å². The number of aliphatic carboxylic acids is 1. The molecule has 5 nitrogen and oxygen atoms in total. The van der Waals surface area contributed by atoms with E-state index in [2.05, 4.69) is 5.32 Å². The molecule has 146 valence electrons. The number of carboxylic acids is 1. The smallest absolute Gasteiger partial charge is 0.315 e. The van der Waals surface area contributed by atoms with Crippen molar-refractivity contribution in [3.63, 3.8) is 0 Å². The molecule has 5 heteroatoms. The van der Waals surface area contributed by atoms with Crippen LogP contribution in [-0.4, -0.2) is 29.3 Å². The highest BCUT2D eigenvalue weighted by Gasteiger charge is 2.35. The van der Waals surface area contributed by atoms with Gasteiger partial charge in [-0.2, -0.15) is 0 Å². The van der Waals surface area contributed by atoms with Crippen LogP contribution < -0.4 is 5.32 Å². The van der Waals surface area contributed by atoms with E-state index in [-0.39, 0.29) is 31.1 Å². The van der Waals surface area contributed by atoms with E-state index in [1.807, 2.05) is 24.3 Å². The number of nitrogens with one attached hydrogen (secondary N) is 1. The van der Waals surface area contributed by atoms with Crippen LogP contribution in [0.1, 0.15) is 53.2 Å². The van der Waals surface area contributed by atoms with Gasteiger partial charge in [-0.3, -0.25) is 14.4 Å². The van der Waals surface area contributed by atoms with E-state index in [0.29, 0.717) is 11.1 Å². The minimum absolute atomic E-state index is 0.0295. The van der Waals surface area contributed by atoms with Crippen LogP contribution in [0.5, 0.6) is 0 Å². The number of benzene rings is 2. The Morgan fingerprint density at radius 3 is 2.43 bits per heavy atom. The van der Waals surface area contributed by atoms with Crippen molar-refractivity contribution in [2.24, 2.45) is 0 Å². The second-order valence-corrected chi connectivity index (χ2v) is 7.54. The number of ketones is 1. The number of hydrogen-bond donors (Lipinski definition) is 2. The monoisotopic (exact) mass is 379 g/mol. The van der Waals surface area contributed by atoms with Crippen molar-refractivity contribution in [1.82, 2.24) is 5.32 Å². The Balaban J connectivity index is 1.55. The minimum atomic E-state index is -1.22. The molecule has 2 aromatic rings. The zero-order chi connectivity index (χ0) is 20.1. The second-order valence-electron chi connectivity index (χ2n) is 7.54. The number of carbonyl (C=O) groups is 3. The number of rotatable bonds is 8. The summed E-state index contributed by atoms with van der Waals surface area (Å²) in [7, 11) is 0. The Morgan fingerprint density at radius 2 is 1.71 bits per heavy atom. The molecule has 28 heavy (non-hydrogen) atoms. The molecule has 1 aliphatic carbocycles. The van der Waals surface area contributed by atoms with Gasteiger partial charge in [0, 0.05) is 24.9 Å². The van der Waals surface area contributed by atoms with Gasteiger partial charge in [-0.15, -0.1) is 0 Å². The third-order valence-electron chi connectivity index (χ3n) is 5.52. The number of carbonyl (C=O) groups excluding carboxylic acids is 2. The zero-order valence-corrected chi connectivity index (χ0v) is 16.0. The quantitative estimate of drug-likeness (QED) is 0.690. The van der Waals surface area contributed by atoms with E-state index in [1.165, 1.54) is 11.1 Å². The van der Waals surface area contributed by atoms with Crippen LogP contribution in [0, 0.1) is 0 Å². The fourth-order valence-corrected chi connectivity index (χ4v) is 3.59. The molecule has 0 heterocycles. The molecular formula is C23H25NO4. The van der Waals surface area contributed by atoms with Gasteiger partial charge in [0.25, 0.3) is 0 Å². The normalized spacial score (nSPS) is 14.8. The highest BCUT2D eigenvalue weighted by Crippen LogP contribution is 2.24. The molecule has 2 aromatic carbocycles. The van der Waals surface area contributed by atoms with Gasteiger partial charge in [0.05, 0.1) is 0 Å². The van der Waals surface area contributed by atoms with Crippen LogP contribution in [0.2, 0.25) is 0 Å². The van der Waals surface area contributed by atoms with Crippen molar-refractivity contribution in [3.8, 4) is 0 Å². The molecule has 1 amide bonds. The summed E-state index contributed by atoms with van der Waals surface area (Å²) in [5, 5.41) is 12.3. The summed E-state index contributed by atoms with van der Waals surface area (Å²) in [6, 6.07) is 14.6. The average molecular weight is 379 g/mol. The van der Waals surface area contributed by atoms with E-state index in [1.54, 1.807) is 31.2 Å². The van der Waals surface area contributed by atoms with Crippen molar-refractivity contribution < 1.29 is 19.5 Å². The lowest BCUT2D eigenvalue weighted by atomic mass is 9.82. The van der Waals surface area contributed by atoms with Crippen molar-refractivity contribution in [1.29, 1.82) is 0 Å². The van der Waals surface area contributed by atoms with Crippen molar-refractivity contribution in [3.05, 3.63) is 70.8 Å². The number of fused-ring (bicyclic) bond motifs is 1. The molecule has 2 N–H and O–H groups in total. The highest BCUT2D eigenvalue weighted by atomic mass is 16.4. The Morgan fingerprint density at radius 1 is 1.00 bits per heavy atom. The Labute approximate surface area is 164 Å². The van der Waals surface area contributed by atoms with Gasteiger partial charge in [-0.05, 0) is 48.9 Å². The number of carboxylic acid groups (broad SMARTS) is 1. The number of Topliss-reactive ketones (excluding diaryl/α,β-unsaturated/α-hetero) is 1. The van der Waals surface area contributed by atoms with Gasteiger partial charge in [-0.25, -0.2) is 0 Å². The summed E-state index contributed by atoms with van der Waals surface area (Å²) in [4.78, 5) is 36.4. The molecule has 0 aliphatic heterocycles. The molecule has 3 rings (SSSR count). The molecule has 1 aliphatic rings. The first-order valence-corrected chi connectivity index (χ1v) is 9.61. The molecule has 1 atom stereocenters. The maximum absolute atomic E-state index is 12.4. The minimum Gasteiger partial charge on any atom is -0.481 e. The Bertz CT molecular complexity index is 891. The van der Waals surface area contributed by atoms with Crippen LogP contribution in [0.4, 0.5) is 0 Å². The second kappa shape index (κ2) is 8.38. The topological polar surface area (TPSA) is 83.5 Å². The summed E-state index contributed by atoms with van der Waals surface area (Å²) in [6.45, 7) is 1.55. The third kappa shape index (κ3) is 4.30. The highest BCUT2D eigenvalue weighted by molar-refractivity contribution is 5.98. The lowest BCUT2D eigenvalue weighted by Crippen LogP contribution is -2.44. The first kappa shape index (κ1) is 19.8. The van der Waals surface area contributed by atoms with E-state index < -0.39 is 11.4 Å². The van der Waals surface area contributed by atoms with Gasteiger partial charge in [0.15, 0.2) is 5.78 Å². The van der Waals surface area contributed by atoms with Crippen LogP contribution in [0.15, 0.2) is 48.5 Å². The molecule has 0 spiro atoms. The first-order chi connectivity index (χ1) is 13.4. The van der Waals surface area contributed by atoms with Crippen LogP contribution in [-0.2, 0) is 27.8 Å². The van der Waals surface area contributed by atoms with Gasteiger partial charge in [-0.1, -0.05) is 42.5 Å². The van der Waals surface area contributed by atoms with Crippen LogP contribution >= 0.6 is 0 Å². The standard InChI is InChI=1S/C23H25NO4/c1-23(22(27)28,19-8-3-2-4-9-19)15-24-21(26)13-12-20(25)18-11-10-16-6-5-7-17(16)14-18/h2-4,8-11,14H,5-7,12-13,15H2,1H3,(H,24,26)(H,27,28). The van der Waals surface area contributed by atoms with Gasteiger partial charge in [0.1, 0.15) is 5.41 Å². The fourth-order valence-electron chi connectivity index (χ4n) is 3.59. The van der Waals surface area contributed by atoms with Crippen LogP contribution in [0.25, 0.3) is 0 Å². The lowest BCUT2D eigenvalue weighted by Gasteiger charge is -2.25. The van der Waals surface area contributed by atoms with Gasteiger partial charge in [0.2, 0.25) is 5.91 Å². The maximum atomic E-state index is 12.4. The van der Waals surface area contributed by atoms with Crippen molar-refractivity contribution >= 4 is 17.7 Å². The fraction of sp³-hybridized carbons (Fsp3) is 0.348. The molecule has 0 fully saturated rings. The predicted octanol–water partition coefficient (Wildman–Crippen LogP) is 3.30. The SMILES string of the molecule is CC(CNC(=O)CCC(=O)c1ccc2c(c1)CCC2)(C(=O)O)c1ccccc1. The van der Waals surface area contributed by atoms with Crippen molar-refractivity contribution in [2.75, 3.05) is 6.54 Å². The summed E-state index contributed by atoms with van der Waals surface area (Å²) < 4.78 is 0. The Kier molecular flexibility index (Phi) is 5.93. The molecule has 0 saturated heterocycles. The molecule has 0 radical (unpaired) electrons. The van der Waals surface area contributed by atoms with E-state index in [9.17, 15) is 19.5 Å². The van der Waals surface area contributed by atoms with Crippen molar-refractivity contribution in [2.45, 2.75) is 44.4 Å². The summed E-state index contributed by atoms with van der Waals surface area (Å²) in [5.74, 6) is -1.39. The third-order valence-corrected chi connectivity index (χ3v) is 5.52. The molecule has 0 aromatic heterocycles. The number of amides is 1. The molecule has 0 bridgehead atoms. The zero-order valence-electron chi connectivity index (χ0n) is 16.0. The summed E-state index contributed by atoms with van der Waals surface area (Å²) >= 11 is 0. The number of aryl methyl sites for hydroxylation is 2. The van der Waals surface area contributed by atoms with E-state index >= 15 is 0 Å². The van der Waals surface area contributed by atoms with Gasteiger partial charge < -0.3 is 10.4 Å². The first-order valence-electron chi connectivity index (χ1n) is 9.61. The number of hydrogen-bond acceptors (Lipinski definition) is 3. The predicted molar refractivity (Wildman–Crippen MR) is 106 cm³/mol.